The molecule has 0 heterocycles. The molecule has 6 heteroatoms. The Morgan fingerprint density at radius 1 is 0.960 bits per heavy atom. The van der Waals surface area contributed by atoms with E-state index in [1.165, 1.54) is 0 Å². The van der Waals surface area contributed by atoms with E-state index in [4.69, 9.17) is 9.47 Å². The minimum atomic E-state index is -1.98. The minimum Gasteiger partial charge on any atom is -0.462 e. The van der Waals surface area contributed by atoms with Crippen LogP contribution in [0.25, 0.3) is 0 Å². The van der Waals surface area contributed by atoms with E-state index in [-0.39, 0.29) is 0 Å². The predicted octanol–water partition coefficient (Wildman–Crippen LogP) is 2.71. The van der Waals surface area contributed by atoms with Gasteiger partial charge < -0.3 is 9.47 Å². The molecule has 1 aliphatic carbocycles. The quantitative estimate of drug-likeness (QED) is 0.603. The minimum absolute atomic E-state index is 0.497. The van der Waals surface area contributed by atoms with Crippen LogP contribution in [0.4, 0.5) is 0 Å². The summed E-state index contributed by atoms with van der Waals surface area (Å²) < 4.78 is 10.5. The number of esters is 2. The molecule has 1 aliphatic rings. The molecule has 0 bridgehead atoms. The average Bonchev–Trinajstić information content (AvgIpc) is 3.19. The normalized spacial score (nSPS) is 19.6. The van der Waals surface area contributed by atoms with Crippen molar-refractivity contribution in [3.8, 4) is 12.1 Å². The number of carbonyl (C=O) groups excluding carboxylic acids is 2. The fourth-order valence-electron chi connectivity index (χ4n) is 3.21. The molecule has 0 N–H and O–H groups in total. The van der Waals surface area contributed by atoms with E-state index in [0.717, 1.165) is 0 Å². The molecule has 1 fully saturated rings. The molecule has 130 valence electrons. The third kappa shape index (κ3) is 2.64. The first kappa shape index (κ1) is 18.5. The SMILES string of the molecule is CC(C)OC(=O)C1(C(=O)OC(C)C)C(c2ccccc2)C1(C#N)C#N. The molecule has 0 aliphatic heterocycles. The van der Waals surface area contributed by atoms with Gasteiger partial charge in [-0.1, -0.05) is 30.3 Å². The smallest absolute Gasteiger partial charge is 0.327 e. The summed E-state index contributed by atoms with van der Waals surface area (Å²) in [6, 6.07) is 12.4. The summed E-state index contributed by atoms with van der Waals surface area (Å²) in [4.78, 5) is 25.7. The molecule has 0 radical (unpaired) electrons. The van der Waals surface area contributed by atoms with Crippen molar-refractivity contribution in [2.24, 2.45) is 10.8 Å². The maximum atomic E-state index is 12.9. The van der Waals surface area contributed by atoms with Gasteiger partial charge in [0.15, 0.2) is 5.41 Å². The number of benzene rings is 1. The van der Waals surface area contributed by atoms with Crippen molar-refractivity contribution in [1.29, 1.82) is 10.5 Å². The number of hydrogen-bond donors (Lipinski definition) is 0. The van der Waals surface area contributed by atoms with Crippen LogP contribution in [-0.4, -0.2) is 24.1 Å². The van der Waals surface area contributed by atoms with Gasteiger partial charge in [-0.15, -0.1) is 0 Å². The molecule has 1 atom stereocenters. The van der Waals surface area contributed by atoms with E-state index >= 15 is 0 Å². The molecule has 0 spiro atoms. The fraction of sp³-hybridized carbons (Fsp3) is 0.474. The van der Waals surface area contributed by atoms with E-state index in [1.807, 2.05) is 12.1 Å². The maximum Gasteiger partial charge on any atom is 0.327 e. The second-order valence-electron chi connectivity index (χ2n) is 6.59. The number of ether oxygens (including phenoxy) is 2. The maximum absolute atomic E-state index is 12.9. The van der Waals surface area contributed by atoms with Crippen LogP contribution in [0, 0.1) is 33.5 Å². The second-order valence-corrected chi connectivity index (χ2v) is 6.59. The van der Waals surface area contributed by atoms with Crippen LogP contribution in [0.3, 0.4) is 0 Å². The first-order valence-corrected chi connectivity index (χ1v) is 8.07. The van der Waals surface area contributed by atoms with Gasteiger partial charge in [0.1, 0.15) is 0 Å². The Morgan fingerprint density at radius 3 is 1.76 bits per heavy atom. The first-order valence-electron chi connectivity index (χ1n) is 8.07. The highest BCUT2D eigenvalue weighted by Crippen LogP contribution is 2.75. The number of rotatable bonds is 5. The van der Waals surface area contributed by atoms with Gasteiger partial charge in [0.2, 0.25) is 5.41 Å². The largest absolute Gasteiger partial charge is 0.462 e. The monoisotopic (exact) mass is 340 g/mol. The number of carbonyl (C=O) groups is 2. The topological polar surface area (TPSA) is 100 Å². The van der Waals surface area contributed by atoms with E-state index < -0.39 is 40.9 Å². The molecule has 1 aromatic carbocycles. The van der Waals surface area contributed by atoms with Crippen molar-refractivity contribution in [3.63, 3.8) is 0 Å². The zero-order valence-corrected chi connectivity index (χ0v) is 14.6. The zero-order valence-electron chi connectivity index (χ0n) is 14.6. The summed E-state index contributed by atoms with van der Waals surface area (Å²) in [7, 11) is 0. The predicted molar refractivity (Wildman–Crippen MR) is 87.7 cm³/mol. The lowest BCUT2D eigenvalue weighted by molar-refractivity contribution is -0.170. The highest BCUT2D eigenvalue weighted by Gasteiger charge is 2.89. The summed E-state index contributed by atoms with van der Waals surface area (Å²) in [6.07, 6.45) is -0.994. The standard InChI is InChI=1S/C19H20N2O4/c1-12(2)24-16(22)19(17(23)25-13(3)4)15(18(19,10-20)11-21)14-8-6-5-7-9-14/h5-9,12-13,15H,1-4H3. The van der Waals surface area contributed by atoms with Crippen molar-refractivity contribution in [2.45, 2.75) is 45.8 Å². The Kier molecular flexibility index (Phi) is 4.85. The van der Waals surface area contributed by atoms with Crippen LogP contribution in [-0.2, 0) is 19.1 Å². The average molecular weight is 340 g/mol. The molecular formula is C19H20N2O4. The fourth-order valence-corrected chi connectivity index (χ4v) is 3.21. The van der Waals surface area contributed by atoms with Crippen molar-refractivity contribution in [3.05, 3.63) is 35.9 Å². The molecular weight excluding hydrogens is 320 g/mol. The van der Waals surface area contributed by atoms with E-state index in [2.05, 4.69) is 0 Å². The Bertz CT molecular complexity index is 720. The van der Waals surface area contributed by atoms with Gasteiger partial charge in [-0.05, 0) is 33.3 Å². The van der Waals surface area contributed by atoms with Crippen molar-refractivity contribution in [1.82, 2.24) is 0 Å². The van der Waals surface area contributed by atoms with Crippen LogP contribution in [0.5, 0.6) is 0 Å². The highest BCUT2D eigenvalue weighted by atomic mass is 16.6. The molecule has 0 aromatic heterocycles. The Hall–Kier alpha value is -2.86. The van der Waals surface area contributed by atoms with Crippen molar-refractivity contribution >= 4 is 11.9 Å². The van der Waals surface area contributed by atoms with Gasteiger partial charge in [0.25, 0.3) is 0 Å². The molecule has 1 saturated carbocycles. The summed E-state index contributed by atoms with van der Waals surface area (Å²) in [5, 5.41) is 19.4. The molecule has 6 nitrogen and oxygen atoms in total. The van der Waals surface area contributed by atoms with Gasteiger partial charge >= 0.3 is 11.9 Å². The molecule has 0 amide bonds. The lowest BCUT2D eigenvalue weighted by atomic mass is 9.94. The zero-order chi connectivity index (χ0) is 18.8. The summed E-state index contributed by atoms with van der Waals surface area (Å²) in [5.74, 6) is -2.73. The molecule has 1 unspecified atom stereocenters. The lowest BCUT2D eigenvalue weighted by Crippen LogP contribution is -2.37. The molecule has 25 heavy (non-hydrogen) atoms. The summed E-state index contributed by atoms with van der Waals surface area (Å²) >= 11 is 0. The third-order valence-electron chi connectivity index (χ3n) is 4.22. The molecule has 2 rings (SSSR count). The van der Waals surface area contributed by atoms with Gasteiger partial charge in [0, 0.05) is 5.92 Å². The van der Waals surface area contributed by atoms with E-state index in [1.54, 1.807) is 58.0 Å². The van der Waals surface area contributed by atoms with Gasteiger partial charge in [-0.25, -0.2) is 0 Å². The van der Waals surface area contributed by atoms with Crippen LogP contribution in [0.2, 0.25) is 0 Å². The van der Waals surface area contributed by atoms with Gasteiger partial charge in [-0.3, -0.25) is 9.59 Å². The first-order chi connectivity index (χ1) is 11.8. The van der Waals surface area contributed by atoms with Gasteiger partial charge in [0.05, 0.1) is 24.3 Å². The van der Waals surface area contributed by atoms with Crippen LogP contribution >= 0.6 is 0 Å². The molecule has 1 aromatic rings. The Balaban J connectivity index is 2.64. The van der Waals surface area contributed by atoms with E-state index in [0.29, 0.717) is 5.56 Å². The number of hydrogen-bond acceptors (Lipinski definition) is 6. The Morgan fingerprint density at radius 2 is 1.40 bits per heavy atom. The lowest BCUT2D eigenvalue weighted by Gasteiger charge is -2.19. The van der Waals surface area contributed by atoms with Gasteiger partial charge in [-0.2, -0.15) is 10.5 Å². The molecule has 0 saturated heterocycles. The van der Waals surface area contributed by atoms with Crippen LogP contribution in [0.15, 0.2) is 30.3 Å². The van der Waals surface area contributed by atoms with E-state index in [9.17, 15) is 20.1 Å². The second kappa shape index (κ2) is 6.57. The summed E-state index contributed by atoms with van der Waals surface area (Å²) in [5.41, 5.74) is -3.29. The van der Waals surface area contributed by atoms with Crippen molar-refractivity contribution < 1.29 is 19.1 Å². The Labute approximate surface area is 147 Å². The summed E-state index contributed by atoms with van der Waals surface area (Å²) in [6.45, 7) is 6.55. The van der Waals surface area contributed by atoms with Crippen molar-refractivity contribution in [2.75, 3.05) is 0 Å². The third-order valence-corrected chi connectivity index (χ3v) is 4.22. The number of nitrogens with zero attached hydrogens (tertiary/aromatic N) is 2. The highest BCUT2D eigenvalue weighted by molar-refractivity contribution is 6.09. The van der Waals surface area contributed by atoms with Crippen LogP contribution < -0.4 is 0 Å². The van der Waals surface area contributed by atoms with Crippen LogP contribution in [0.1, 0.15) is 39.2 Å². The number of nitriles is 2.